The molecular formula is C15H29NO. The van der Waals surface area contributed by atoms with Crippen LogP contribution in [0.25, 0.3) is 0 Å². The SMILES string of the molecule is CC1CCCC(C)C1NCC1(CO)CCCC1. The zero-order chi connectivity index (χ0) is 12.3. The summed E-state index contributed by atoms with van der Waals surface area (Å²) in [7, 11) is 0. The van der Waals surface area contributed by atoms with Crippen LogP contribution in [0.5, 0.6) is 0 Å². The van der Waals surface area contributed by atoms with E-state index in [0.29, 0.717) is 12.6 Å². The van der Waals surface area contributed by atoms with Gasteiger partial charge in [0.2, 0.25) is 0 Å². The predicted molar refractivity (Wildman–Crippen MR) is 72.0 cm³/mol. The van der Waals surface area contributed by atoms with Crippen molar-refractivity contribution in [1.82, 2.24) is 5.32 Å². The van der Waals surface area contributed by atoms with Gasteiger partial charge in [-0.2, -0.15) is 0 Å². The van der Waals surface area contributed by atoms with Gasteiger partial charge in [-0.25, -0.2) is 0 Å². The Labute approximate surface area is 106 Å². The van der Waals surface area contributed by atoms with Gasteiger partial charge in [0.15, 0.2) is 0 Å². The van der Waals surface area contributed by atoms with Crippen LogP contribution in [0.15, 0.2) is 0 Å². The highest BCUT2D eigenvalue weighted by molar-refractivity contribution is 4.90. The van der Waals surface area contributed by atoms with Gasteiger partial charge >= 0.3 is 0 Å². The second-order valence-electron chi connectivity index (χ2n) is 6.66. The summed E-state index contributed by atoms with van der Waals surface area (Å²) in [6.07, 6.45) is 9.17. The average molecular weight is 239 g/mol. The molecule has 0 radical (unpaired) electrons. The summed E-state index contributed by atoms with van der Waals surface area (Å²) in [5.41, 5.74) is 0.205. The Morgan fingerprint density at radius 2 is 1.65 bits per heavy atom. The molecule has 2 aliphatic carbocycles. The van der Waals surface area contributed by atoms with Crippen LogP contribution in [0.3, 0.4) is 0 Å². The number of hydrogen-bond donors (Lipinski definition) is 2. The highest BCUT2D eigenvalue weighted by Crippen LogP contribution is 2.38. The third-order valence-corrected chi connectivity index (χ3v) is 5.26. The molecule has 0 aromatic carbocycles. The van der Waals surface area contributed by atoms with Gasteiger partial charge in [0.05, 0.1) is 0 Å². The first-order valence-corrected chi connectivity index (χ1v) is 7.51. The molecule has 0 spiro atoms. The van der Waals surface area contributed by atoms with Gasteiger partial charge in [-0.3, -0.25) is 0 Å². The fraction of sp³-hybridized carbons (Fsp3) is 1.00. The van der Waals surface area contributed by atoms with Crippen LogP contribution in [-0.4, -0.2) is 24.3 Å². The highest BCUT2D eigenvalue weighted by Gasteiger charge is 2.35. The third-order valence-electron chi connectivity index (χ3n) is 5.26. The maximum Gasteiger partial charge on any atom is 0.0499 e. The van der Waals surface area contributed by atoms with E-state index >= 15 is 0 Å². The van der Waals surface area contributed by atoms with Crippen LogP contribution in [0.2, 0.25) is 0 Å². The Bertz CT molecular complexity index is 225. The van der Waals surface area contributed by atoms with E-state index < -0.39 is 0 Å². The molecule has 2 fully saturated rings. The van der Waals surface area contributed by atoms with Gasteiger partial charge in [0.1, 0.15) is 0 Å². The van der Waals surface area contributed by atoms with Crippen molar-refractivity contribution < 1.29 is 5.11 Å². The van der Waals surface area contributed by atoms with Crippen molar-refractivity contribution in [3.05, 3.63) is 0 Å². The molecule has 0 bridgehead atoms. The molecule has 0 heterocycles. The minimum absolute atomic E-state index is 0.205. The molecule has 2 nitrogen and oxygen atoms in total. The number of nitrogens with one attached hydrogen (secondary N) is 1. The van der Waals surface area contributed by atoms with Gasteiger partial charge in [-0.15, -0.1) is 0 Å². The summed E-state index contributed by atoms with van der Waals surface area (Å²) < 4.78 is 0. The van der Waals surface area contributed by atoms with E-state index in [4.69, 9.17) is 0 Å². The molecule has 2 unspecified atom stereocenters. The Hall–Kier alpha value is -0.0800. The summed E-state index contributed by atoms with van der Waals surface area (Å²) >= 11 is 0. The highest BCUT2D eigenvalue weighted by atomic mass is 16.3. The van der Waals surface area contributed by atoms with Crippen molar-refractivity contribution in [2.45, 2.75) is 64.8 Å². The molecule has 2 heteroatoms. The largest absolute Gasteiger partial charge is 0.396 e. The number of hydrogen-bond acceptors (Lipinski definition) is 2. The van der Waals surface area contributed by atoms with Crippen LogP contribution in [0, 0.1) is 17.3 Å². The fourth-order valence-electron chi connectivity index (χ4n) is 3.93. The molecule has 0 aromatic heterocycles. The summed E-state index contributed by atoms with van der Waals surface area (Å²) in [6.45, 7) is 6.17. The Kier molecular flexibility index (Phi) is 4.48. The van der Waals surface area contributed by atoms with Crippen LogP contribution in [-0.2, 0) is 0 Å². The molecule has 2 rings (SSSR count). The first-order chi connectivity index (χ1) is 8.17. The van der Waals surface area contributed by atoms with E-state index in [1.54, 1.807) is 0 Å². The summed E-state index contributed by atoms with van der Waals surface area (Å²) in [5.74, 6) is 1.60. The molecule has 0 aliphatic heterocycles. The maximum atomic E-state index is 9.64. The van der Waals surface area contributed by atoms with Gasteiger partial charge in [0, 0.05) is 24.6 Å². The van der Waals surface area contributed by atoms with Crippen molar-refractivity contribution in [3.63, 3.8) is 0 Å². The molecule has 0 aromatic rings. The van der Waals surface area contributed by atoms with E-state index in [-0.39, 0.29) is 5.41 Å². The lowest BCUT2D eigenvalue weighted by Crippen LogP contribution is -2.47. The summed E-state index contributed by atoms with van der Waals surface area (Å²) in [5, 5.41) is 13.4. The Morgan fingerprint density at radius 1 is 1.06 bits per heavy atom. The average Bonchev–Trinajstić information content (AvgIpc) is 2.78. The van der Waals surface area contributed by atoms with E-state index in [1.807, 2.05) is 0 Å². The van der Waals surface area contributed by atoms with E-state index in [2.05, 4.69) is 19.2 Å². The van der Waals surface area contributed by atoms with E-state index in [9.17, 15) is 5.11 Å². The number of aliphatic hydroxyl groups excluding tert-OH is 1. The second kappa shape index (κ2) is 5.71. The van der Waals surface area contributed by atoms with E-state index in [1.165, 1.54) is 44.9 Å². The minimum Gasteiger partial charge on any atom is -0.396 e. The Morgan fingerprint density at radius 3 is 2.18 bits per heavy atom. The molecule has 2 aliphatic rings. The normalized spacial score (nSPS) is 37.2. The molecule has 2 saturated carbocycles. The zero-order valence-corrected chi connectivity index (χ0v) is 11.5. The molecule has 0 amide bonds. The van der Waals surface area contributed by atoms with Crippen LogP contribution >= 0.6 is 0 Å². The molecule has 0 saturated heterocycles. The molecule has 2 N–H and O–H groups in total. The fourth-order valence-corrected chi connectivity index (χ4v) is 3.93. The summed E-state index contributed by atoms with van der Waals surface area (Å²) in [4.78, 5) is 0. The Balaban J connectivity index is 1.87. The van der Waals surface area contributed by atoms with Crippen molar-refractivity contribution >= 4 is 0 Å². The lowest BCUT2D eigenvalue weighted by atomic mass is 9.77. The molecule has 17 heavy (non-hydrogen) atoms. The van der Waals surface area contributed by atoms with Crippen molar-refractivity contribution in [2.75, 3.05) is 13.2 Å². The van der Waals surface area contributed by atoms with Crippen molar-refractivity contribution in [1.29, 1.82) is 0 Å². The second-order valence-corrected chi connectivity index (χ2v) is 6.66. The molecule has 2 atom stereocenters. The zero-order valence-electron chi connectivity index (χ0n) is 11.5. The monoisotopic (exact) mass is 239 g/mol. The lowest BCUT2D eigenvalue weighted by Gasteiger charge is -2.38. The summed E-state index contributed by atoms with van der Waals surface area (Å²) in [6, 6.07) is 0.674. The standard InChI is InChI=1S/C15H29NO/c1-12-6-5-7-13(2)14(12)16-10-15(11-17)8-3-4-9-15/h12-14,16-17H,3-11H2,1-2H3. The van der Waals surface area contributed by atoms with Gasteiger partial charge in [0.25, 0.3) is 0 Å². The minimum atomic E-state index is 0.205. The first-order valence-electron chi connectivity index (χ1n) is 7.51. The predicted octanol–water partition coefficient (Wildman–Crippen LogP) is 2.95. The number of aliphatic hydroxyl groups is 1. The van der Waals surface area contributed by atoms with E-state index in [0.717, 1.165) is 18.4 Å². The first kappa shape index (κ1) is 13.4. The smallest absolute Gasteiger partial charge is 0.0499 e. The quantitative estimate of drug-likeness (QED) is 0.790. The number of rotatable bonds is 4. The lowest BCUT2D eigenvalue weighted by molar-refractivity contribution is 0.108. The molecular weight excluding hydrogens is 210 g/mol. The maximum absolute atomic E-state index is 9.64. The topological polar surface area (TPSA) is 32.3 Å². The van der Waals surface area contributed by atoms with Gasteiger partial charge < -0.3 is 10.4 Å². The van der Waals surface area contributed by atoms with Crippen LogP contribution in [0.1, 0.15) is 58.8 Å². The van der Waals surface area contributed by atoms with Gasteiger partial charge in [-0.05, 0) is 37.5 Å². The van der Waals surface area contributed by atoms with Crippen LogP contribution < -0.4 is 5.32 Å². The third kappa shape index (κ3) is 3.03. The molecule has 100 valence electrons. The van der Waals surface area contributed by atoms with Crippen LogP contribution in [0.4, 0.5) is 0 Å². The van der Waals surface area contributed by atoms with Crippen molar-refractivity contribution in [3.8, 4) is 0 Å². The van der Waals surface area contributed by atoms with Gasteiger partial charge in [-0.1, -0.05) is 33.1 Å². The van der Waals surface area contributed by atoms with Crippen molar-refractivity contribution in [2.24, 2.45) is 17.3 Å².